The molecule has 4 heterocycles. The van der Waals surface area contributed by atoms with Crippen molar-refractivity contribution < 1.29 is 52.7 Å². The molecule has 14 atom stereocenters. The SMILES string of the molecule is CC[C@H]1OC(=O)[C@H](C)[C@H]2OC/C(=N\OCc3ccc(C#N)cc3)CO[C@](C)(C[C@@H](C)C(=O)[C@H](C)[C@@H]3CC(=O)O[C@]13C)[C@H](O[C@@H]1O[C@H](C)C[C@H](N(C)C)[C@H]1O)[C@H]2C. The molecule has 1 N–H and O–H groups in total. The van der Waals surface area contributed by atoms with E-state index in [1.807, 2.05) is 60.5 Å². The van der Waals surface area contributed by atoms with Gasteiger partial charge in [-0.1, -0.05) is 45.0 Å². The summed E-state index contributed by atoms with van der Waals surface area (Å²) in [6, 6.07) is 8.81. The zero-order valence-electron chi connectivity index (χ0n) is 34.6. The summed E-state index contributed by atoms with van der Waals surface area (Å²) in [6.45, 7) is 14.7. The molecule has 56 heavy (non-hydrogen) atoms. The number of hydrogen-bond acceptors (Lipinski definition) is 14. The van der Waals surface area contributed by atoms with E-state index in [2.05, 4.69) is 11.2 Å². The second-order valence-corrected chi connectivity index (χ2v) is 17.0. The maximum atomic E-state index is 14.5. The normalized spacial score (nSPS) is 40.8. The lowest BCUT2D eigenvalue weighted by Gasteiger charge is -2.48. The van der Waals surface area contributed by atoms with E-state index in [0.717, 1.165) is 5.56 Å². The van der Waals surface area contributed by atoms with Gasteiger partial charge in [0.25, 0.3) is 0 Å². The van der Waals surface area contributed by atoms with Crippen LogP contribution >= 0.6 is 0 Å². The molecular formula is C42H61N3O11. The number of cyclic esters (lactones) is 1. The molecule has 14 heteroatoms. The van der Waals surface area contributed by atoms with Crippen LogP contribution in [0.15, 0.2) is 29.4 Å². The van der Waals surface area contributed by atoms with Crippen molar-refractivity contribution in [3.8, 4) is 6.07 Å². The van der Waals surface area contributed by atoms with E-state index in [1.54, 1.807) is 38.1 Å². The third kappa shape index (κ3) is 9.30. The lowest BCUT2D eigenvalue weighted by molar-refractivity contribution is -0.302. The number of ether oxygens (including phenoxy) is 6. The molecule has 4 aliphatic rings. The Morgan fingerprint density at radius 2 is 1.73 bits per heavy atom. The first-order chi connectivity index (χ1) is 26.4. The molecule has 1 aromatic rings. The first kappa shape index (κ1) is 43.7. The molecule has 5 rings (SSSR count). The first-order valence-corrected chi connectivity index (χ1v) is 20.0. The van der Waals surface area contributed by atoms with Gasteiger partial charge in [-0.2, -0.15) is 5.26 Å². The van der Waals surface area contributed by atoms with Crippen molar-refractivity contribution in [3.63, 3.8) is 0 Å². The van der Waals surface area contributed by atoms with E-state index in [1.165, 1.54) is 0 Å². The number of nitrogens with zero attached hydrogens (tertiary/aromatic N) is 3. The number of benzene rings is 1. The van der Waals surface area contributed by atoms with Crippen LogP contribution in [0.3, 0.4) is 0 Å². The molecule has 0 spiro atoms. The van der Waals surface area contributed by atoms with E-state index in [4.69, 9.17) is 33.3 Å². The standard InChI is InChI=1S/C42H61N3O11/c1-11-33-42(8)31(17-34(46)56-42)25(4)35(47)23(2)18-41(7)38(55-40-36(48)32(45(9)10)16-24(3)53-40)26(5)37(27(6)39(49)54-33)50-21-30(22-51-41)44-52-20-29-14-12-28(19-43)13-15-29/h12-15,23-27,31-33,36-38,40,48H,11,16-18,20-22H2,1-10H3/b44-30+/t23-,24-,25-,26+,27-,31+,32+,33-,36-,37+,38-,40+,41-,42+/m1/s1. The van der Waals surface area contributed by atoms with Crippen LogP contribution in [0, 0.1) is 40.9 Å². The van der Waals surface area contributed by atoms with Crippen LogP contribution in [-0.2, 0) is 54.2 Å². The van der Waals surface area contributed by atoms with Crippen LogP contribution in [0.2, 0.25) is 0 Å². The van der Waals surface area contributed by atoms with Crippen LogP contribution in [0.4, 0.5) is 0 Å². The minimum absolute atomic E-state index is 0.0203. The molecule has 4 aliphatic heterocycles. The number of carbonyl (C=O) groups excluding carboxylic acids is 3. The number of Topliss-reactive ketones (excluding diaryl/α,β-unsaturated/α-hetero) is 1. The zero-order chi connectivity index (χ0) is 41.1. The molecule has 0 aromatic heterocycles. The van der Waals surface area contributed by atoms with Gasteiger partial charge < -0.3 is 43.3 Å². The van der Waals surface area contributed by atoms with Gasteiger partial charge >= 0.3 is 11.9 Å². The second kappa shape index (κ2) is 18.0. The van der Waals surface area contributed by atoms with E-state index in [9.17, 15) is 24.8 Å². The topological polar surface area (TPSA) is 175 Å². The van der Waals surface area contributed by atoms with E-state index in [0.29, 0.717) is 24.1 Å². The third-order valence-electron chi connectivity index (χ3n) is 12.5. The average Bonchev–Trinajstić information content (AvgIpc) is 3.49. The largest absolute Gasteiger partial charge is 0.458 e. The quantitative estimate of drug-likeness (QED) is 0.301. The molecular weight excluding hydrogens is 722 g/mol. The van der Waals surface area contributed by atoms with Crippen LogP contribution in [0.25, 0.3) is 0 Å². The molecule has 0 saturated carbocycles. The molecule has 4 saturated heterocycles. The number of nitriles is 1. The maximum Gasteiger partial charge on any atom is 0.311 e. The number of aliphatic hydroxyl groups is 1. The number of carbonyl (C=O) groups is 3. The maximum absolute atomic E-state index is 14.5. The monoisotopic (exact) mass is 783 g/mol. The van der Waals surface area contributed by atoms with Crippen molar-refractivity contribution in [2.45, 2.75) is 142 Å². The van der Waals surface area contributed by atoms with Crippen molar-refractivity contribution >= 4 is 23.4 Å². The second-order valence-electron chi connectivity index (χ2n) is 17.0. The van der Waals surface area contributed by atoms with Gasteiger partial charge in [0.1, 0.15) is 35.9 Å². The summed E-state index contributed by atoms with van der Waals surface area (Å²) in [4.78, 5) is 49.4. The van der Waals surface area contributed by atoms with Gasteiger partial charge in [-0.15, -0.1) is 0 Å². The van der Waals surface area contributed by atoms with Gasteiger partial charge in [-0.05, 0) is 78.7 Å². The fourth-order valence-corrected chi connectivity index (χ4v) is 9.28. The summed E-state index contributed by atoms with van der Waals surface area (Å²) in [7, 11) is 3.80. The average molecular weight is 784 g/mol. The summed E-state index contributed by atoms with van der Waals surface area (Å²) in [5.41, 5.74) is -0.730. The number of fused-ring (bicyclic) bond motifs is 4. The number of esters is 2. The minimum Gasteiger partial charge on any atom is -0.458 e. The number of ketones is 1. The fraction of sp³-hybridized carbons (Fsp3) is 0.738. The minimum atomic E-state index is -1.24. The van der Waals surface area contributed by atoms with Gasteiger partial charge in [0.15, 0.2) is 6.29 Å². The summed E-state index contributed by atoms with van der Waals surface area (Å²) in [6.07, 6.45) is -3.73. The van der Waals surface area contributed by atoms with Gasteiger partial charge in [0.2, 0.25) is 0 Å². The Morgan fingerprint density at radius 3 is 2.38 bits per heavy atom. The highest BCUT2D eigenvalue weighted by molar-refractivity contribution is 5.87. The summed E-state index contributed by atoms with van der Waals surface area (Å²) >= 11 is 0. The Kier molecular flexibility index (Phi) is 14.0. The molecule has 310 valence electrons. The molecule has 0 radical (unpaired) electrons. The molecule has 0 amide bonds. The number of oxime groups is 1. The Bertz CT molecular complexity index is 1630. The molecule has 0 aliphatic carbocycles. The number of likely N-dealkylation sites (N-methyl/N-ethyl adjacent to an activating group) is 1. The Labute approximate surface area is 331 Å². The van der Waals surface area contributed by atoms with Crippen molar-refractivity contribution in [1.29, 1.82) is 5.26 Å². The molecule has 1 aromatic carbocycles. The summed E-state index contributed by atoms with van der Waals surface area (Å²) < 4.78 is 38.8. The van der Waals surface area contributed by atoms with Crippen LogP contribution in [0.1, 0.15) is 92.2 Å². The smallest absolute Gasteiger partial charge is 0.311 e. The van der Waals surface area contributed by atoms with E-state index >= 15 is 0 Å². The van der Waals surface area contributed by atoms with Crippen molar-refractivity contribution in [2.24, 2.45) is 34.7 Å². The van der Waals surface area contributed by atoms with Gasteiger partial charge in [-0.25, -0.2) is 0 Å². The Hall–Kier alpha value is -3.45. The van der Waals surface area contributed by atoms with E-state index < -0.39 is 83.4 Å². The lowest BCUT2D eigenvalue weighted by atomic mass is 9.70. The van der Waals surface area contributed by atoms with Crippen LogP contribution in [0.5, 0.6) is 0 Å². The van der Waals surface area contributed by atoms with Crippen molar-refractivity contribution in [1.82, 2.24) is 4.90 Å². The summed E-state index contributed by atoms with van der Waals surface area (Å²) in [5.74, 6) is -4.30. The van der Waals surface area contributed by atoms with Crippen LogP contribution in [-0.4, -0.2) is 115 Å². The molecule has 4 fully saturated rings. The highest BCUT2D eigenvalue weighted by Crippen LogP contribution is 2.46. The van der Waals surface area contributed by atoms with Crippen molar-refractivity contribution in [2.75, 3.05) is 27.3 Å². The van der Waals surface area contributed by atoms with Crippen LogP contribution < -0.4 is 0 Å². The van der Waals surface area contributed by atoms with Gasteiger partial charge in [0, 0.05) is 29.7 Å². The fourth-order valence-electron chi connectivity index (χ4n) is 9.28. The molecule has 2 bridgehead atoms. The Balaban J connectivity index is 1.58. The first-order valence-electron chi connectivity index (χ1n) is 20.0. The zero-order valence-corrected chi connectivity index (χ0v) is 34.6. The number of rotatable bonds is 7. The highest BCUT2D eigenvalue weighted by Gasteiger charge is 2.57. The van der Waals surface area contributed by atoms with Gasteiger partial charge in [0.05, 0.1) is 61.1 Å². The molecule has 0 unspecified atom stereocenters. The van der Waals surface area contributed by atoms with Crippen molar-refractivity contribution in [3.05, 3.63) is 35.4 Å². The lowest BCUT2D eigenvalue weighted by Crippen LogP contribution is -2.60. The predicted octanol–water partition coefficient (Wildman–Crippen LogP) is 4.58. The molecule has 14 nitrogen and oxygen atoms in total. The Morgan fingerprint density at radius 1 is 1.04 bits per heavy atom. The highest BCUT2D eigenvalue weighted by atomic mass is 16.7. The van der Waals surface area contributed by atoms with Gasteiger partial charge in [-0.3, -0.25) is 14.4 Å². The van der Waals surface area contributed by atoms with E-state index in [-0.39, 0.29) is 50.6 Å². The number of aliphatic hydroxyl groups excluding tert-OH is 1. The summed E-state index contributed by atoms with van der Waals surface area (Å²) in [5, 5.41) is 25.2. The third-order valence-corrected chi connectivity index (χ3v) is 12.5. The number of hydrogen-bond donors (Lipinski definition) is 1. The predicted molar refractivity (Wildman–Crippen MR) is 204 cm³/mol.